The Morgan fingerprint density at radius 1 is 1.62 bits per heavy atom. The molecule has 0 unspecified atom stereocenters. The van der Waals surface area contributed by atoms with E-state index in [1.807, 2.05) is 20.2 Å². The van der Waals surface area contributed by atoms with Gasteiger partial charge in [-0.05, 0) is 13.8 Å². The van der Waals surface area contributed by atoms with Crippen molar-refractivity contribution in [3.63, 3.8) is 0 Å². The first-order chi connectivity index (χ1) is 3.81. The molecule has 0 radical (unpaired) electrons. The molecule has 48 valence electrons. The van der Waals surface area contributed by atoms with Gasteiger partial charge >= 0.3 is 0 Å². The topological polar surface area (TPSA) is 24.1 Å². The molecule has 0 saturated carbocycles. The van der Waals surface area contributed by atoms with E-state index in [0.717, 1.165) is 12.2 Å². The van der Waals surface area contributed by atoms with Crippen LogP contribution >= 0.6 is 0 Å². The largest absolute Gasteiger partial charge is 0.390 e. The Morgan fingerprint density at radius 2 is 2.25 bits per heavy atom. The maximum atomic E-state index is 3.07. The Kier molecular flexibility index (Phi) is 4.13. The predicted molar refractivity (Wildman–Crippen MR) is 36.5 cm³/mol. The van der Waals surface area contributed by atoms with Crippen molar-refractivity contribution < 1.29 is 0 Å². The molecule has 0 bridgehead atoms. The van der Waals surface area contributed by atoms with Gasteiger partial charge in [-0.1, -0.05) is 0 Å². The molecule has 0 amide bonds. The van der Waals surface area contributed by atoms with Crippen molar-refractivity contribution in [2.45, 2.75) is 13.8 Å². The van der Waals surface area contributed by atoms with Crippen LogP contribution in [0.15, 0.2) is 11.9 Å². The van der Waals surface area contributed by atoms with Gasteiger partial charge in [0.1, 0.15) is 0 Å². The molecule has 2 heteroatoms. The minimum Gasteiger partial charge on any atom is -0.390 e. The van der Waals surface area contributed by atoms with E-state index >= 15 is 0 Å². The van der Waals surface area contributed by atoms with Gasteiger partial charge in [-0.3, -0.25) is 0 Å². The fraction of sp³-hybridized carbons (Fsp3) is 0.667. The predicted octanol–water partition coefficient (Wildman–Crippen LogP) is 0.677. The van der Waals surface area contributed by atoms with Crippen LogP contribution in [-0.2, 0) is 0 Å². The van der Waals surface area contributed by atoms with Crippen molar-refractivity contribution in [1.82, 2.24) is 10.6 Å². The highest BCUT2D eigenvalue weighted by atomic mass is 14.9. The highest BCUT2D eigenvalue weighted by Crippen LogP contribution is 1.77. The number of nitrogens with one attached hydrogen (secondary N) is 2. The standard InChI is InChI=1S/C6H14N2/c1-4-8-5-6(2)7-3/h5,7-8H,4H2,1-3H3/b6-5-. The lowest BCUT2D eigenvalue weighted by Crippen LogP contribution is -2.09. The van der Waals surface area contributed by atoms with Gasteiger partial charge < -0.3 is 10.6 Å². The van der Waals surface area contributed by atoms with E-state index in [4.69, 9.17) is 0 Å². The molecule has 0 aromatic heterocycles. The van der Waals surface area contributed by atoms with Crippen molar-refractivity contribution in [3.8, 4) is 0 Å². The number of allylic oxidation sites excluding steroid dienone is 1. The first-order valence-electron chi connectivity index (χ1n) is 2.89. The van der Waals surface area contributed by atoms with Crippen LogP contribution in [0.25, 0.3) is 0 Å². The maximum absolute atomic E-state index is 3.07. The van der Waals surface area contributed by atoms with Gasteiger partial charge in [0.15, 0.2) is 0 Å². The van der Waals surface area contributed by atoms with Crippen LogP contribution in [0.1, 0.15) is 13.8 Å². The van der Waals surface area contributed by atoms with Gasteiger partial charge in [-0.2, -0.15) is 0 Å². The van der Waals surface area contributed by atoms with Crippen LogP contribution in [0.4, 0.5) is 0 Å². The van der Waals surface area contributed by atoms with Gasteiger partial charge in [0, 0.05) is 25.5 Å². The second-order valence-corrected chi connectivity index (χ2v) is 1.64. The number of hydrogen-bond acceptors (Lipinski definition) is 2. The van der Waals surface area contributed by atoms with Crippen molar-refractivity contribution in [2.24, 2.45) is 0 Å². The molecule has 0 heterocycles. The summed E-state index contributed by atoms with van der Waals surface area (Å²) in [5.41, 5.74) is 1.16. The minimum absolute atomic E-state index is 0.985. The summed E-state index contributed by atoms with van der Waals surface area (Å²) in [5.74, 6) is 0. The molecule has 0 aromatic carbocycles. The van der Waals surface area contributed by atoms with E-state index < -0.39 is 0 Å². The van der Waals surface area contributed by atoms with Crippen LogP contribution in [0.3, 0.4) is 0 Å². The molecule has 0 aliphatic rings. The summed E-state index contributed by atoms with van der Waals surface area (Å²) in [5, 5.41) is 6.07. The minimum atomic E-state index is 0.985. The molecule has 0 rings (SSSR count). The van der Waals surface area contributed by atoms with E-state index in [0.29, 0.717) is 0 Å². The summed E-state index contributed by atoms with van der Waals surface area (Å²) in [6, 6.07) is 0. The van der Waals surface area contributed by atoms with E-state index in [1.165, 1.54) is 0 Å². The van der Waals surface area contributed by atoms with Gasteiger partial charge in [0.25, 0.3) is 0 Å². The monoisotopic (exact) mass is 114 g/mol. The Bertz CT molecular complexity index is 76.6. The second-order valence-electron chi connectivity index (χ2n) is 1.64. The summed E-state index contributed by atoms with van der Waals surface area (Å²) in [7, 11) is 1.91. The zero-order chi connectivity index (χ0) is 6.41. The third-order valence-electron chi connectivity index (χ3n) is 0.917. The van der Waals surface area contributed by atoms with Gasteiger partial charge in [0.2, 0.25) is 0 Å². The molecule has 8 heavy (non-hydrogen) atoms. The molecule has 2 nitrogen and oxygen atoms in total. The Balaban J connectivity index is 3.26. The Morgan fingerprint density at radius 3 is 2.62 bits per heavy atom. The summed E-state index contributed by atoms with van der Waals surface area (Å²) < 4.78 is 0. The van der Waals surface area contributed by atoms with E-state index in [1.54, 1.807) is 0 Å². The average molecular weight is 114 g/mol. The van der Waals surface area contributed by atoms with Gasteiger partial charge in [-0.15, -0.1) is 0 Å². The number of rotatable bonds is 3. The zero-order valence-corrected chi connectivity index (χ0v) is 5.78. The summed E-state index contributed by atoms with van der Waals surface area (Å²) >= 11 is 0. The third-order valence-corrected chi connectivity index (χ3v) is 0.917. The van der Waals surface area contributed by atoms with Crippen LogP contribution in [-0.4, -0.2) is 13.6 Å². The Labute approximate surface area is 51.0 Å². The van der Waals surface area contributed by atoms with Crippen molar-refractivity contribution in [2.75, 3.05) is 13.6 Å². The Hall–Kier alpha value is -0.660. The van der Waals surface area contributed by atoms with Crippen LogP contribution in [0.2, 0.25) is 0 Å². The highest BCUT2D eigenvalue weighted by Gasteiger charge is 1.75. The van der Waals surface area contributed by atoms with Gasteiger partial charge in [0.05, 0.1) is 0 Å². The fourth-order valence-corrected chi connectivity index (χ4v) is 0.327. The summed E-state index contributed by atoms with van der Waals surface area (Å²) in [6.07, 6.45) is 1.96. The SMILES string of the molecule is CCN/C=C(/C)NC. The average Bonchev–Trinajstić information content (AvgIpc) is 1.83. The first kappa shape index (κ1) is 7.34. The second kappa shape index (κ2) is 4.50. The lowest BCUT2D eigenvalue weighted by Gasteiger charge is -1.98. The summed E-state index contributed by atoms with van der Waals surface area (Å²) in [4.78, 5) is 0. The number of hydrogen-bond donors (Lipinski definition) is 2. The molecule has 0 aromatic rings. The molecular weight excluding hydrogens is 100 g/mol. The van der Waals surface area contributed by atoms with E-state index in [-0.39, 0.29) is 0 Å². The van der Waals surface area contributed by atoms with Crippen molar-refractivity contribution in [1.29, 1.82) is 0 Å². The van der Waals surface area contributed by atoms with Crippen LogP contribution < -0.4 is 10.6 Å². The quantitative estimate of drug-likeness (QED) is 0.563. The van der Waals surface area contributed by atoms with Crippen LogP contribution in [0, 0.1) is 0 Å². The molecule has 0 saturated heterocycles. The van der Waals surface area contributed by atoms with Gasteiger partial charge in [-0.25, -0.2) is 0 Å². The van der Waals surface area contributed by atoms with Crippen molar-refractivity contribution in [3.05, 3.63) is 11.9 Å². The molecular formula is C6H14N2. The molecule has 0 aliphatic carbocycles. The first-order valence-corrected chi connectivity index (χ1v) is 2.89. The van der Waals surface area contributed by atoms with E-state index in [2.05, 4.69) is 17.6 Å². The normalized spacial score (nSPS) is 11.1. The molecule has 0 spiro atoms. The molecule has 0 atom stereocenters. The lowest BCUT2D eigenvalue weighted by atomic mass is 10.5. The maximum Gasteiger partial charge on any atom is 0.0232 e. The van der Waals surface area contributed by atoms with Crippen molar-refractivity contribution >= 4 is 0 Å². The highest BCUT2D eigenvalue weighted by molar-refractivity contribution is 4.91. The zero-order valence-electron chi connectivity index (χ0n) is 5.78. The smallest absolute Gasteiger partial charge is 0.0232 e. The fourth-order valence-electron chi connectivity index (χ4n) is 0.327. The third kappa shape index (κ3) is 3.53. The molecule has 0 aliphatic heterocycles. The van der Waals surface area contributed by atoms with E-state index in [9.17, 15) is 0 Å². The molecule has 2 N–H and O–H groups in total. The molecule has 0 fully saturated rings. The lowest BCUT2D eigenvalue weighted by molar-refractivity contribution is 0.873. The summed E-state index contributed by atoms with van der Waals surface area (Å²) in [6.45, 7) is 5.07. The van der Waals surface area contributed by atoms with Crippen LogP contribution in [0.5, 0.6) is 0 Å².